The SMILES string of the molecule is Cn1cc(C(=O)N2CCCC2)ccc1=O. The highest BCUT2D eigenvalue weighted by Crippen LogP contribution is 2.11. The Morgan fingerprint density at radius 2 is 1.93 bits per heavy atom. The van der Waals surface area contributed by atoms with Crippen LogP contribution in [0.3, 0.4) is 0 Å². The van der Waals surface area contributed by atoms with Gasteiger partial charge in [-0.2, -0.15) is 0 Å². The van der Waals surface area contributed by atoms with Crippen molar-refractivity contribution in [1.82, 2.24) is 9.47 Å². The van der Waals surface area contributed by atoms with E-state index in [1.165, 1.54) is 10.6 Å². The van der Waals surface area contributed by atoms with Gasteiger partial charge in [0.05, 0.1) is 5.56 Å². The van der Waals surface area contributed by atoms with Crippen LogP contribution in [0.2, 0.25) is 0 Å². The first-order chi connectivity index (χ1) is 7.18. The van der Waals surface area contributed by atoms with Gasteiger partial charge in [-0.3, -0.25) is 9.59 Å². The molecule has 0 radical (unpaired) electrons. The maximum absolute atomic E-state index is 11.9. The van der Waals surface area contributed by atoms with Crippen molar-refractivity contribution in [2.24, 2.45) is 7.05 Å². The van der Waals surface area contributed by atoms with Gasteiger partial charge in [0.1, 0.15) is 0 Å². The molecule has 0 saturated carbocycles. The van der Waals surface area contributed by atoms with E-state index >= 15 is 0 Å². The summed E-state index contributed by atoms with van der Waals surface area (Å²) >= 11 is 0. The van der Waals surface area contributed by atoms with Gasteiger partial charge < -0.3 is 9.47 Å². The van der Waals surface area contributed by atoms with E-state index in [0.717, 1.165) is 25.9 Å². The molecule has 15 heavy (non-hydrogen) atoms. The lowest BCUT2D eigenvalue weighted by atomic mass is 10.2. The second-order valence-corrected chi connectivity index (χ2v) is 3.87. The average molecular weight is 206 g/mol. The van der Waals surface area contributed by atoms with E-state index in [2.05, 4.69) is 0 Å². The molecule has 80 valence electrons. The number of carbonyl (C=O) groups is 1. The van der Waals surface area contributed by atoms with Crippen molar-refractivity contribution in [3.63, 3.8) is 0 Å². The molecule has 0 spiro atoms. The van der Waals surface area contributed by atoms with Crippen molar-refractivity contribution in [3.8, 4) is 0 Å². The third-order valence-corrected chi connectivity index (χ3v) is 2.73. The molecule has 1 aromatic heterocycles. The summed E-state index contributed by atoms with van der Waals surface area (Å²) in [6.45, 7) is 1.67. The van der Waals surface area contributed by atoms with E-state index < -0.39 is 0 Å². The van der Waals surface area contributed by atoms with E-state index in [1.807, 2.05) is 4.90 Å². The summed E-state index contributed by atoms with van der Waals surface area (Å²) in [7, 11) is 1.66. The number of aromatic nitrogens is 1. The van der Waals surface area contributed by atoms with Crippen LogP contribution in [0.4, 0.5) is 0 Å². The van der Waals surface area contributed by atoms with E-state index in [1.54, 1.807) is 19.3 Å². The predicted octanol–water partition coefficient (Wildman–Crippen LogP) is 0.621. The molecule has 0 aromatic carbocycles. The number of likely N-dealkylation sites (tertiary alicyclic amines) is 1. The van der Waals surface area contributed by atoms with Crippen LogP contribution in [-0.4, -0.2) is 28.5 Å². The third-order valence-electron chi connectivity index (χ3n) is 2.73. The average Bonchev–Trinajstić information content (AvgIpc) is 2.74. The normalized spacial score (nSPS) is 15.7. The number of hydrogen-bond donors (Lipinski definition) is 0. The Kier molecular flexibility index (Phi) is 2.58. The number of hydrogen-bond acceptors (Lipinski definition) is 2. The van der Waals surface area contributed by atoms with Crippen LogP contribution >= 0.6 is 0 Å². The maximum atomic E-state index is 11.9. The Morgan fingerprint density at radius 3 is 2.53 bits per heavy atom. The van der Waals surface area contributed by atoms with Crippen LogP contribution in [0.5, 0.6) is 0 Å². The summed E-state index contributed by atoms with van der Waals surface area (Å²) in [5, 5.41) is 0. The smallest absolute Gasteiger partial charge is 0.255 e. The van der Waals surface area contributed by atoms with Crippen LogP contribution in [0.15, 0.2) is 23.1 Å². The fraction of sp³-hybridized carbons (Fsp3) is 0.455. The first kappa shape index (κ1) is 9.96. The monoisotopic (exact) mass is 206 g/mol. The minimum atomic E-state index is -0.0898. The summed E-state index contributed by atoms with van der Waals surface area (Å²) in [6, 6.07) is 3.03. The van der Waals surface area contributed by atoms with Gasteiger partial charge in [-0.1, -0.05) is 0 Å². The van der Waals surface area contributed by atoms with Gasteiger partial charge in [0.2, 0.25) is 5.56 Å². The molecule has 0 atom stereocenters. The zero-order valence-electron chi connectivity index (χ0n) is 8.77. The number of carbonyl (C=O) groups excluding carboxylic acids is 1. The van der Waals surface area contributed by atoms with Gasteiger partial charge in [-0.25, -0.2) is 0 Å². The molecule has 2 heterocycles. The fourth-order valence-corrected chi connectivity index (χ4v) is 1.82. The molecule has 0 aliphatic carbocycles. The van der Waals surface area contributed by atoms with E-state index in [9.17, 15) is 9.59 Å². The molecule has 1 saturated heterocycles. The molecule has 0 unspecified atom stereocenters. The van der Waals surface area contributed by atoms with Gasteiger partial charge in [0.15, 0.2) is 0 Å². The minimum absolute atomic E-state index is 0.0306. The van der Waals surface area contributed by atoms with Crippen molar-refractivity contribution < 1.29 is 4.79 Å². The Morgan fingerprint density at radius 1 is 1.27 bits per heavy atom. The zero-order valence-corrected chi connectivity index (χ0v) is 8.77. The molecule has 1 aromatic rings. The van der Waals surface area contributed by atoms with Crippen molar-refractivity contribution in [2.75, 3.05) is 13.1 Å². The van der Waals surface area contributed by atoms with Crippen LogP contribution in [0.1, 0.15) is 23.2 Å². The van der Waals surface area contributed by atoms with Gasteiger partial charge >= 0.3 is 0 Å². The van der Waals surface area contributed by atoms with Gasteiger partial charge in [0.25, 0.3) is 5.91 Å². The number of nitrogens with zero attached hydrogens (tertiary/aromatic N) is 2. The van der Waals surface area contributed by atoms with Gasteiger partial charge in [-0.05, 0) is 18.9 Å². The predicted molar refractivity (Wildman–Crippen MR) is 56.8 cm³/mol. The van der Waals surface area contributed by atoms with Crippen molar-refractivity contribution >= 4 is 5.91 Å². The quantitative estimate of drug-likeness (QED) is 0.676. The van der Waals surface area contributed by atoms with Crippen molar-refractivity contribution in [1.29, 1.82) is 0 Å². The van der Waals surface area contributed by atoms with Crippen molar-refractivity contribution in [3.05, 3.63) is 34.2 Å². The fourth-order valence-electron chi connectivity index (χ4n) is 1.82. The number of amides is 1. The van der Waals surface area contributed by atoms with Crippen LogP contribution < -0.4 is 5.56 Å². The summed E-state index contributed by atoms with van der Waals surface area (Å²) in [5.41, 5.74) is 0.506. The molecule has 4 nitrogen and oxygen atoms in total. The standard InChI is InChI=1S/C11H14N2O2/c1-12-8-9(4-5-10(12)14)11(15)13-6-2-3-7-13/h4-5,8H,2-3,6-7H2,1H3. The van der Waals surface area contributed by atoms with E-state index in [4.69, 9.17) is 0 Å². The second kappa shape index (κ2) is 3.88. The largest absolute Gasteiger partial charge is 0.339 e. The Labute approximate surface area is 88.1 Å². The first-order valence-electron chi connectivity index (χ1n) is 5.14. The van der Waals surface area contributed by atoms with Gasteiger partial charge in [-0.15, -0.1) is 0 Å². The molecule has 1 aliphatic rings. The number of aryl methyl sites for hydroxylation is 1. The molecule has 1 aliphatic heterocycles. The van der Waals surface area contributed by atoms with Crippen molar-refractivity contribution in [2.45, 2.75) is 12.8 Å². The first-order valence-corrected chi connectivity index (χ1v) is 5.14. The van der Waals surface area contributed by atoms with Crippen LogP contribution in [0, 0.1) is 0 Å². The lowest BCUT2D eigenvalue weighted by Gasteiger charge is -2.15. The molecule has 1 fully saturated rings. The minimum Gasteiger partial charge on any atom is -0.339 e. The van der Waals surface area contributed by atoms with E-state index in [-0.39, 0.29) is 11.5 Å². The summed E-state index contributed by atoms with van der Waals surface area (Å²) in [6.07, 6.45) is 3.76. The highest BCUT2D eigenvalue weighted by Gasteiger charge is 2.19. The summed E-state index contributed by atoms with van der Waals surface area (Å²) in [4.78, 5) is 24.9. The number of rotatable bonds is 1. The molecule has 1 amide bonds. The molecule has 4 heteroatoms. The Balaban J connectivity index is 2.25. The van der Waals surface area contributed by atoms with Gasteiger partial charge in [0, 0.05) is 32.4 Å². The Bertz CT molecular complexity index is 430. The Hall–Kier alpha value is -1.58. The topological polar surface area (TPSA) is 42.3 Å². The molecular weight excluding hydrogens is 192 g/mol. The number of pyridine rings is 1. The zero-order chi connectivity index (χ0) is 10.8. The van der Waals surface area contributed by atoms with E-state index in [0.29, 0.717) is 5.56 Å². The molecule has 2 rings (SSSR count). The lowest BCUT2D eigenvalue weighted by molar-refractivity contribution is 0.0792. The van der Waals surface area contributed by atoms with Crippen LogP contribution in [-0.2, 0) is 7.05 Å². The molecular formula is C11H14N2O2. The second-order valence-electron chi connectivity index (χ2n) is 3.87. The highest BCUT2D eigenvalue weighted by molar-refractivity contribution is 5.94. The third kappa shape index (κ3) is 1.93. The molecule has 0 N–H and O–H groups in total. The molecule has 0 bridgehead atoms. The van der Waals surface area contributed by atoms with Crippen LogP contribution in [0.25, 0.3) is 0 Å². The lowest BCUT2D eigenvalue weighted by Crippen LogP contribution is -2.29. The summed E-state index contributed by atoms with van der Waals surface area (Å²) in [5.74, 6) is 0.0306. The summed E-state index contributed by atoms with van der Waals surface area (Å²) < 4.78 is 1.43. The maximum Gasteiger partial charge on any atom is 0.255 e. The highest BCUT2D eigenvalue weighted by atomic mass is 16.2.